The van der Waals surface area contributed by atoms with Gasteiger partial charge in [0.15, 0.2) is 0 Å². The van der Waals surface area contributed by atoms with Crippen LogP contribution in [0.3, 0.4) is 0 Å². The van der Waals surface area contributed by atoms with Gasteiger partial charge in [0.1, 0.15) is 0 Å². The lowest BCUT2D eigenvalue weighted by Crippen LogP contribution is -2.49. The van der Waals surface area contributed by atoms with Crippen LogP contribution >= 0.6 is 15.9 Å². The molecule has 0 N–H and O–H groups in total. The molecule has 0 saturated carbocycles. The molecular formula is C22H30BrN3O2. The summed E-state index contributed by atoms with van der Waals surface area (Å²) < 4.78 is 0.974. The molecule has 28 heavy (non-hydrogen) atoms. The fraction of sp³-hybridized carbons (Fsp3) is 0.636. The number of piperidine rings is 2. The maximum Gasteiger partial charge on any atom is 0.253 e. The van der Waals surface area contributed by atoms with Crippen LogP contribution in [0, 0.1) is 5.92 Å². The molecule has 0 radical (unpaired) electrons. The number of amides is 2. The summed E-state index contributed by atoms with van der Waals surface area (Å²) in [6.07, 6.45) is 6.47. The molecule has 6 heteroatoms. The van der Waals surface area contributed by atoms with Crippen molar-refractivity contribution in [3.05, 3.63) is 34.3 Å². The van der Waals surface area contributed by atoms with E-state index in [-0.39, 0.29) is 11.8 Å². The zero-order valence-electron chi connectivity index (χ0n) is 16.5. The number of benzene rings is 1. The predicted octanol–water partition coefficient (Wildman–Crippen LogP) is 3.39. The molecule has 0 atom stereocenters. The Bertz CT molecular complexity index is 686. The van der Waals surface area contributed by atoms with Crippen LogP contribution in [0.5, 0.6) is 0 Å². The maximum atomic E-state index is 13.0. The van der Waals surface area contributed by atoms with Crippen molar-refractivity contribution in [2.24, 2.45) is 5.92 Å². The molecule has 1 aromatic carbocycles. The number of carbonyl (C=O) groups is 2. The second-order valence-corrected chi connectivity index (χ2v) is 9.29. The van der Waals surface area contributed by atoms with Crippen molar-refractivity contribution in [3.8, 4) is 0 Å². The lowest BCUT2D eigenvalue weighted by atomic mass is 9.93. The van der Waals surface area contributed by atoms with Crippen molar-refractivity contribution in [2.45, 2.75) is 44.6 Å². The minimum absolute atomic E-state index is 0.0739. The van der Waals surface area contributed by atoms with E-state index in [1.54, 1.807) is 0 Å². The van der Waals surface area contributed by atoms with Crippen LogP contribution in [-0.2, 0) is 4.79 Å². The van der Waals surface area contributed by atoms with E-state index in [2.05, 4.69) is 25.7 Å². The monoisotopic (exact) mass is 447 g/mol. The Morgan fingerprint density at radius 2 is 1.36 bits per heavy atom. The molecule has 0 aromatic heterocycles. The van der Waals surface area contributed by atoms with Gasteiger partial charge >= 0.3 is 0 Å². The molecular weight excluding hydrogens is 418 g/mol. The van der Waals surface area contributed by atoms with Gasteiger partial charge in [-0.3, -0.25) is 9.59 Å². The maximum absolute atomic E-state index is 13.0. The van der Waals surface area contributed by atoms with E-state index in [1.165, 1.54) is 25.9 Å². The second-order valence-electron chi connectivity index (χ2n) is 8.37. The summed E-state index contributed by atoms with van der Waals surface area (Å²) in [5.41, 5.74) is 0.719. The lowest BCUT2D eigenvalue weighted by molar-refractivity contribution is -0.138. The molecule has 152 valence electrons. The van der Waals surface area contributed by atoms with E-state index in [0.29, 0.717) is 25.0 Å². The largest absolute Gasteiger partial charge is 0.342 e. The molecule has 3 aliphatic heterocycles. The third kappa shape index (κ3) is 4.43. The zero-order valence-corrected chi connectivity index (χ0v) is 18.1. The van der Waals surface area contributed by atoms with Crippen LogP contribution in [0.4, 0.5) is 0 Å². The molecule has 3 fully saturated rings. The predicted molar refractivity (Wildman–Crippen MR) is 113 cm³/mol. The number of nitrogens with zero attached hydrogens (tertiary/aromatic N) is 3. The molecule has 3 heterocycles. The Kier molecular flexibility index (Phi) is 6.36. The highest BCUT2D eigenvalue weighted by atomic mass is 79.9. The molecule has 4 rings (SSSR count). The summed E-state index contributed by atoms with van der Waals surface area (Å²) in [5, 5.41) is 0. The van der Waals surface area contributed by atoms with Gasteiger partial charge in [-0.25, -0.2) is 0 Å². The van der Waals surface area contributed by atoms with Crippen molar-refractivity contribution >= 4 is 27.7 Å². The highest BCUT2D eigenvalue weighted by Gasteiger charge is 2.33. The quantitative estimate of drug-likeness (QED) is 0.712. The first-order valence-electron chi connectivity index (χ1n) is 10.7. The molecule has 3 aliphatic rings. The molecule has 0 aliphatic carbocycles. The van der Waals surface area contributed by atoms with Gasteiger partial charge in [0.2, 0.25) is 5.91 Å². The SMILES string of the molecule is O=C(c1ccc(Br)cc1)N1CCC(C(=O)N2CCC(N3CCCC3)CC2)CC1. The summed E-state index contributed by atoms with van der Waals surface area (Å²) in [6.45, 7) is 5.63. The minimum atomic E-state index is 0.0739. The number of hydrogen-bond acceptors (Lipinski definition) is 3. The van der Waals surface area contributed by atoms with E-state index < -0.39 is 0 Å². The van der Waals surface area contributed by atoms with Gasteiger partial charge in [-0.2, -0.15) is 0 Å². The first-order chi connectivity index (χ1) is 13.6. The summed E-state index contributed by atoms with van der Waals surface area (Å²) >= 11 is 3.41. The van der Waals surface area contributed by atoms with Gasteiger partial charge < -0.3 is 14.7 Å². The van der Waals surface area contributed by atoms with Gasteiger partial charge in [0.25, 0.3) is 5.91 Å². The zero-order chi connectivity index (χ0) is 19.5. The first-order valence-corrected chi connectivity index (χ1v) is 11.5. The third-order valence-corrected chi connectivity index (χ3v) is 7.18. The van der Waals surface area contributed by atoms with E-state index in [0.717, 1.165) is 48.8 Å². The Hall–Kier alpha value is -1.40. The summed E-state index contributed by atoms with van der Waals surface area (Å²) in [7, 11) is 0. The molecule has 1 aromatic rings. The van der Waals surface area contributed by atoms with Crippen molar-refractivity contribution in [1.29, 1.82) is 0 Å². The van der Waals surface area contributed by atoms with Crippen LogP contribution in [0.2, 0.25) is 0 Å². The molecule has 2 amide bonds. The van der Waals surface area contributed by atoms with E-state index in [4.69, 9.17) is 0 Å². The van der Waals surface area contributed by atoms with E-state index >= 15 is 0 Å². The number of carbonyl (C=O) groups excluding carboxylic acids is 2. The third-order valence-electron chi connectivity index (χ3n) is 6.66. The van der Waals surface area contributed by atoms with Crippen molar-refractivity contribution in [2.75, 3.05) is 39.3 Å². The summed E-state index contributed by atoms with van der Waals surface area (Å²) in [6, 6.07) is 8.18. The first kappa shape index (κ1) is 19.9. The average molecular weight is 448 g/mol. The molecule has 0 spiro atoms. The fourth-order valence-corrected chi connectivity index (χ4v) is 5.19. The molecule has 0 unspecified atom stereocenters. The average Bonchev–Trinajstić information content (AvgIpc) is 3.28. The Labute approximate surface area is 176 Å². The van der Waals surface area contributed by atoms with Crippen LogP contribution < -0.4 is 0 Å². The Balaban J connectivity index is 1.25. The Morgan fingerprint density at radius 1 is 0.786 bits per heavy atom. The normalized spacial score (nSPS) is 22.6. The van der Waals surface area contributed by atoms with E-state index in [1.807, 2.05) is 29.2 Å². The van der Waals surface area contributed by atoms with Crippen molar-refractivity contribution in [3.63, 3.8) is 0 Å². The molecule has 0 bridgehead atoms. The summed E-state index contributed by atoms with van der Waals surface area (Å²) in [4.78, 5) is 32.2. The van der Waals surface area contributed by atoms with Crippen LogP contribution in [-0.4, -0.2) is 71.8 Å². The van der Waals surface area contributed by atoms with Gasteiger partial charge in [-0.15, -0.1) is 0 Å². The topological polar surface area (TPSA) is 43.9 Å². The van der Waals surface area contributed by atoms with Crippen LogP contribution in [0.15, 0.2) is 28.7 Å². The van der Waals surface area contributed by atoms with Crippen molar-refractivity contribution in [1.82, 2.24) is 14.7 Å². The smallest absolute Gasteiger partial charge is 0.253 e. The lowest BCUT2D eigenvalue weighted by Gasteiger charge is -2.39. The highest BCUT2D eigenvalue weighted by Crippen LogP contribution is 2.26. The minimum Gasteiger partial charge on any atom is -0.342 e. The highest BCUT2D eigenvalue weighted by molar-refractivity contribution is 9.10. The number of likely N-dealkylation sites (tertiary alicyclic amines) is 3. The fourth-order valence-electron chi connectivity index (χ4n) is 4.92. The van der Waals surface area contributed by atoms with Gasteiger partial charge in [0.05, 0.1) is 0 Å². The van der Waals surface area contributed by atoms with Gasteiger partial charge in [-0.1, -0.05) is 15.9 Å². The van der Waals surface area contributed by atoms with Crippen molar-refractivity contribution < 1.29 is 9.59 Å². The second kappa shape index (κ2) is 8.95. The van der Waals surface area contributed by atoms with Crippen LogP contribution in [0.1, 0.15) is 48.9 Å². The Morgan fingerprint density at radius 3 is 1.96 bits per heavy atom. The van der Waals surface area contributed by atoms with Gasteiger partial charge in [-0.05, 0) is 75.9 Å². The number of hydrogen-bond donors (Lipinski definition) is 0. The number of halogens is 1. The summed E-state index contributed by atoms with van der Waals surface area (Å²) in [5.74, 6) is 0.470. The van der Waals surface area contributed by atoms with Gasteiger partial charge in [0, 0.05) is 48.2 Å². The van der Waals surface area contributed by atoms with E-state index in [9.17, 15) is 9.59 Å². The standard InChI is InChI=1S/C22H30BrN3O2/c23-19-5-3-17(4-6-19)21(27)25-13-7-18(8-14-25)22(28)26-15-9-20(10-16-26)24-11-1-2-12-24/h3-6,18,20H,1-2,7-16H2. The number of rotatable bonds is 3. The molecule has 5 nitrogen and oxygen atoms in total. The molecule has 3 saturated heterocycles. The van der Waals surface area contributed by atoms with Crippen LogP contribution in [0.25, 0.3) is 0 Å².